The predicted molar refractivity (Wildman–Crippen MR) is 87.5 cm³/mol. The first-order valence-corrected chi connectivity index (χ1v) is 7.72. The van der Waals surface area contributed by atoms with Crippen LogP contribution in [0.3, 0.4) is 0 Å². The van der Waals surface area contributed by atoms with Crippen molar-refractivity contribution in [3.05, 3.63) is 35.7 Å². The Labute approximate surface area is 139 Å². The zero-order valence-electron chi connectivity index (χ0n) is 13.4. The number of anilines is 3. The highest BCUT2D eigenvalue weighted by Gasteiger charge is 2.25. The highest BCUT2D eigenvalue weighted by atomic mass is 16.6. The fraction of sp³-hybridized carbons (Fsp3) is 0.375. The van der Waals surface area contributed by atoms with Crippen molar-refractivity contribution in [1.82, 2.24) is 15.0 Å². The summed E-state index contributed by atoms with van der Waals surface area (Å²) >= 11 is 0. The molecule has 2 aromatic rings. The minimum atomic E-state index is -0.491. The molecule has 3 N–H and O–H groups in total. The van der Waals surface area contributed by atoms with E-state index in [0.717, 1.165) is 17.7 Å². The fourth-order valence-corrected chi connectivity index (χ4v) is 2.32. The van der Waals surface area contributed by atoms with Gasteiger partial charge in [-0.25, -0.2) is 4.79 Å². The van der Waals surface area contributed by atoms with Crippen LogP contribution in [0.2, 0.25) is 0 Å². The molecule has 8 nitrogen and oxygen atoms in total. The first kappa shape index (κ1) is 16.1. The van der Waals surface area contributed by atoms with E-state index in [1.54, 1.807) is 0 Å². The Hall–Kier alpha value is -2.74. The molecule has 1 aromatic heterocycles. The monoisotopic (exact) mass is 329 g/mol. The maximum Gasteiger partial charge on any atom is 0.335 e. The van der Waals surface area contributed by atoms with E-state index in [9.17, 15) is 4.79 Å². The number of aryl methyl sites for hydroxylation is 1. The van der Waals surface area contributed by atoms with Crippen LogP contribution in [0.1, 0.15) is 24.2 Å². The standard InChI is InChI=1S/C16H19N5O3/c1-10-4-6-11(7-5-10)18-16-20-13(19-15(17)21-16)9-24-14(22)12-3-2-8-23-12/h4-7,12H,2-3,8-9H2,1H3,(H3,17,18,19,20,21)/t12-/m1/s1. The van der Waals surface area contributed by atoms with Crippen molar-refractivity contribution in [2.75, 3.05) is 17.7 Å². The molecule has 24 heavy (non-hydrogen) atoms. The van der Waals surface area contributed by atoms with Gasteiger partial charge in [0.1, 0.15) is 0 Å². The largest absolute Gasteiger partial charge is 0.456 e. The Morgan fingerprint density at radius 2 is 2.12 bits per heavy atom. The molecule has 0 saturated carbocycles. The van der Waals surface area contributed by atoms with Crippen LogP contribution in [0, 0.1) is 6.92 Å². The fourth-order valence-electron chi connectivity index (χ4n) is 2.32. The summed E-state index contributed by atoms with van der Waals surface area (Å²) in [6, 6.07) is 7.76. The lowest BCUT2D eigenvalue weighted by Crippen LogP contribution is -2.22. The van der Waals surface area contributed by atoms with Gasteiger partial charge in [-0.2, -0.15) is 15.0 Å². The zero-order chi connectivity index (χ0) is 16.9. The number of hydrogen-bond acceptors (Lipinski definition) is 8. The molecule has 126 valence electrons. The topological polar surface area (TPSA) is 112 Å². The van der Waals surface area contributed by atoms with E-state index in [2.05, 4.69) is 20.3 Å². The smallest absolute Gasteiger partial charge is 0.335 e. The number of nitrogens with one attached hydrogen (secondary N) is 1. The first-order valence-electron chi connectivity index (χ1n) is 7.72. The Morgan fingerprint density at radius 3 is 2.83 bits per heavy atom. The van der Waals surface area contributed by atoms with Gasteiger partial charge in [0.2, 0.25) is 11.9 Å². The summed E-state index contributed by atoms with van der Waals surface area (Å²) in [4.78, 5) is 24.1. The summed E-state index contributed by atoms with van der Waals surface area (Å²) in [5.41, 5.74) is 7.68. The molecule has 1 aliphatic heterocycles. The molecule has 1 aromatic carbocycles. The minimum absolute atomic E-state index is 0.0581. The van der Waals surface area contributed by atoms with E-state index in [0.29, 0.717) is 19.0 Å². The van der Waals surface area contributed by atoms with E-state index in [1.165, 1.54) is 0 Å². The van der Waals surface area contributed by atoms with Crippen LogP contribution in [0.15, 0.2) is 24.3 Å². The van der Waals surface area contributed by atoms with Gasteiger partial charge in [0, 0.05) is 12.3 Å². The van der Waals surface area contributed by atoms with Gasteiger partial charge < -0.3 is 20.5 Å². The number of nitrogens with zero attached hydrogens (tertiary/aromatic N) is 3. The van der Waals surface area contributed by atoms with Crippen LogP contribution < -0.4 is 11.1 Å². The number of carbonyl (C=O) groups is 1. The third-order valence-electron chi connectivity index (χ3n) is 3.54. The third-order valence-corrected chi connectivity index (χ3v) is 3.54. The molecular formula is C16H19N5O3. The van der Waals surface area contributed by atoms with Crippen molar-refractivity contribution in [3.63, 3.8) is 0 Å². The van der Waals surface area contributed by atoms with Crippen LogP contribution in [-0.4, -0.2) is 33.6 Å². The molecule has 1 aliphatic rings. The van der Waals surface area contributed by atoms with Crippen LogP contribution in [0.5, 0.6) is 0 Å². The van der Waals surface area contributed by atoms with E-state index in [-0.39, 0.29) is 18.4 Å². The van der Waals surface area contributed by atoms with Gasteiger partial charge in [-0.15, -0.1) is 0 Å². The number of hydrogen-bond donors (Lipinski definition) is 2. The van der Waals surface area contributed by atoms with Crippen molar-refractivity contribution in [2.24, 2.45) is 0 Å². The molecule has 8 heteroatoms. The lowest BCUT2D eigenvalue weighted by atomic mass is 10.2. The van der Waals surface area contributed by atoms with E-state index >= 15 is 0 Å². The molecular weight excluding hydrogens is 310 g/mol. The number of carbonyl (C=O) groups excluding carboxylic acids is 1. The molecule has 0 amide bonds. The van der Waals surface area contributed by atoms with Gasteiger partial charge in [0.05, 0.1) is 0 Å². The van der Waals surface area contributed by atoms with Crippen molar-refractivity contribution in [1.29, 1.82) is 0 Å². The van der Waals surface area contributed by atoms with Crippen LogP contribution in [-0.2, 0) is 20.9 Å². The van der Waals surface area contributed by atoms with E-state index in [1.807, 2.05) is 31.2 Å². The number of benzene rings is 1. The van der Waals surface area contributed by atoms with Crippen LogP contribution in [0.25, 0.3) is 0 Å². The molecule has 1 atom stereocenters. The molecule has 0 radical (unpaired) electrons. The quantitative estimate of drug-likeness (QED) is 0.798. The molecule has 0 unspecified atom stereocenters. The van der Waals surface area contributed by atoms with Gasteiger partial charge in [-0.05, 0) is 31.9 Å². The van der Waals surface area contributed by atoms with Crippen LogP contribution >= 0.6 is 0 Å². The first-order chi connectivity index (χ1) is 11.6. The Balaban J connectivity index is 1.64. The SMILES string of the molecule is Cc1ccc(Nc2nc(N)nc(COC(=O)[C@H]3CCCO3)n2)cc1. The second-order valence-electron chi connectivity index (χ2n) is 5.53. The summed E-state index contributed by atoms with van der Waals surface area (Å²) in [6.07, 6.45) is 1.05. The second-order valence-corrected chi connectivity index (χ2v) is 5.53. The number of rotatable bonds is 5. The van der Waals surface area contributed by atoms with Gasteiger partial charge in [0.25, 0.3) is 0 Å². The highest BCUT2D eigenvalue weighted by Crippen LogP contribution is 2.16. The second kappa shape index (κ2) is 7.22. The molecule has 3 rings (SSSR count). The maximum absolute atomic E-state index is 11.8. The molecule has 1 fully saturated rings. The van der Waals surface area contributed by atoms with Gasteiger partial charge in [-0.1, -0.05) is 17.7 Å². The lowest BCUT2D eigenvalue weighted by molar-refractivity contribution is -0.155. The van der Waals surface area contributed by atoms with Gasteiger partial charge in [-0.3, -0.25) is 0 Å². The Morgan fingerprint density at radius 1 is 1.33 bits per heavy atom. The van der Waals surface area contributed by atoms with Gasteiger partial charge in [0.15, 0.2) is 18.5 Å². The van der Waals surface area contributed by atoms with Crippen molar-refractivity contribution < 1.29 is 14.3 Å². The zero-order valence-corrected chi connectivity index (χ0v) is 13.4. The molecule has 0 spiro atoms. The number of nitrogens with two attached hydrogens (primary N) is 1. The Kier molecular flexibility index (Phi) is 4.85. The van der Waals surface area contributed by atoms with Crippen molar-refractivity contribution >= 4 is 23.6 Å². The maximum atomic E-state index is 11.8. The molecule has 1 saturated heterocycles. The number of nitrogen functional groups attached to an aromatic ring is 1. The number of esters is 1. The van der Waals surface area contributed by atoms with Crippen molar-refractivity contribution in [2.45, 2.75) is 32.5 Å². The minimum Gasteiger partial charge on any atom is -0.456 e. The molecule has 2 heterocycles. The van der Waals surface area contributed by atoms with Crippen molar-refractivity contribution in [3.8, 4) is 0 Å². The summed E-state index contributed by atoms with van der Waals surface area (Å²) < 4.78 is 10.5. The third kappa shape index (κ3) is 4.17. The number of ether oxygens (including phenoxy) is 2. The lowest BCUT2D eigenvalue weighted by Gasteiger charge is -2.10. The molecule has 0 bridgehead atoms. The average molecular weight is 329 g/mol. The summed E-state index contributed by atoms with van der Waals surface area (Å²) in [6.45, 7) is 2.52. The summed E-state index contributed by atoms with van der Waals surface area (Å²) in [7, 11) is 0. The molecule has 0 aliphatic carbocycles. The van der Waals surface area contributed by atoms with Gasteiger partial charge >= 0.3 is 5.97 Å². The summed E-state index contributed by atoms with van der Waals surface area (Å²) in [5, 5.41) is 3.05. The van der Waals surface area contributed by atoms with Crippen LogP contribution in [0.4, 0.5) is 17.6 Å². The number of aromatic nitrogens is 3. The Bertz CT molecular complexity index is 714. The normalized spacial score (nSPS) is 16.8. The highest BCUT2D eigenvalue weighted by molar-refractivity contribution is 5.74. The predicted octanol–water partition coefficient (Wildman–Crippen LogP) is 1.73. The summed E-state index contributed by atoms with van der Waals surface area (Å²) in [5.74, 6) is 0.236. The van der Waals surface area contributed by atoms with E-state index < -0.39 is 12.1 Å². The average Bonchev–Trinajstić information content (AvgIpc) is 3.09. The van der Waals surface area contributed by atoms with E-state index in [4.69, 9.17) is 15.2 Å².